The number of imide groups is 1. The predicted octanol–water partition coefficient (Wildman–Crippen LogP) is 0.0120. The highest BCUT2D eigenvalue weighted by molar-refractivity contribution is 6.04. The largest absolute Gasteiger partial charge is 0.490 e. The van der Waals surface area contributed by atoms with Crippen LogP contribution < -0.4 is 9.64 Å². The number of benzene rings is 1. The molecule has 1 aromatic rings. The number of para-hydroxylation sites is 2. The number of fused-ring (bicyclic) bond motifs is 1. The Bertz CT molecular complexity index is 924. The summed E-state index contributed by atoms with van der Waals surface area (Å²) < 4.78 is 5.57. The maximum absolute atomic E-state index is 12.7. The van der Waals surface area contributed by atoms with Gasteiger partial charge in [-0.3, -0.25) is 28.9 Å². The molecule has 10 nitrogen and oxygen atoms in total. The molecule has 0 saturated carbocycles. The van der Waals surface area contributed by atoms with Gasteiger partial charge >= 0.3 is 0 Å². The molecule has 10 heteroatoms. The average molecular weight is 442 g/mol. The molecule has 1 aromatic carbocycles. The maximum atomic E-state index is 12.7. The molecule has 0 aromatic heterocycles. The molecule has 0 N–H and O–H groups in total. The average Bonchev–Trinajstić information content (AvgIpc) is 3.14. The molecule has 3 aliphatic heterocycles. The van der Waals surface area contributed by atoms with Gasteiger partial charge in [0.2, 0.25) is 29.5 Å². The van der Waals surface area contributed by atoms with Crippen LogP contribution in [0.1, 0.15) is 25.7 Å². The Labute approximate surface area is 185 Å². The summed E-state index contributed by atoms with van der Waals surface area (Å²) >= 11 is 0. The van der Waals surface area contributed by atoms with Crippen molar-refractivity contribution in [3.05, 3.63) is 24.3 Å². The van der Waals surface area contributed by atoms with Crippen molar-refractivity contribution < 1.29 is 28.7 Å². The van der Waals surface area contributed by atoms with Crippen LogP contribution in [0, 0.1) is 0 Å². The van der Waals surface area contributed by atoms with Crippen LogP contribution in [0.5, 0.6) is 5.75 Å². The number of nitrogens with zero attached hydrogens (tertiary/aromatic N) is 4. The number of hydrogen-bond acceptors (Lipinski definition) is 6. The second-order valence-electron chi connectivity index (χ2n) is 8.00. The van der Waals surface area contributed by atoms with Crippen LogP contribution in [0.3, 0.4) is 0 Å². The molecule has 2 saturated heterocycles. The SMILES string of the molecule is O=C(CCC(=O)N1CCOc2ccccc21)N1CCN(C(=O)CN2C(=O)CCC2=O)CC1. The number of carbonyl (C=O) groups is 5. The van der Waals surface area contributed by atoms with Gasteiger partial charge in [0.1, 0.15) is 18.9 Å². The Morgan fingerprint density at radius 2 is 1.38 bits per heavy atom. The Morgan fingerprint density at radius 1 is 0.781 bits per heavy atom. The molecule has 0 unspecified atom stereocenters. The first-order chi connectivity index (χ1) is 15.4. The van der Waals surface area contributed by atoms with Crippen LogP contribution >= 0.6 is 0 Å². The normalized spacial score (nSPS) is 18.5. The standard InChI is InChI=1S/C22H26N4O6/c27-18(5-6-19(28)25-13-14-32-17-4-2-1-3-16(17)25)23-9-11-24(12-10-23)22(31)15-26-20(29)7-8-21(26)30/h1-4H,5-15H2. The first-order valence-electron chi connectivity index (χ1n) is 10.8. The zero-order valence-corrected chi connectivity index (χ0v) is 17.8. The van der Waals surface area contributed by atoms with Crippen molar-refractivity contribution in [1.82, 2.24) is 14.7 Å². The van der Waals surface area contributed by atoms with Crippen molar-refractivity contribution in [3.8, 4) is 5.75 Å². The Kier molecular flexibility index (Phi) is 6.38. The number of piperazine rings is 1. The zero-order chi connectivity index (χ0) is 22.7. The van der Waals surface area contributed by atoms with Crippen molar-refractivity contribution in [3.63, 3.8) is 0 Å². The van der Waals surface area contributed by atoms with Crippen LogP contribution in [-0.2, 0) is 24.0 Å². The van der Waals surface area contributed by atoms with E-state index in [4.69, 9.17) is 4.74 Å². The van der Waals surface area contributed by atoms with Crippen molar-refractivity contribution in [1.29, 1.82) is 0 Å². The number of amides is 5. The topological polar surface area (TPSA) is 108 Å². The van der Waals surface area contributed by atoms with E-state index in [1.165, 1.54) is 0 Å². The molecule has 170 valence electrons. The first-order valence-corrected chi connectivity index (χ1v) is 10.8. The third kappa shape index (κ3) is 4.58. The lowest BCUT2D eigenvalue weighted by Crippen LogP contribution is -2.53. The van der Waals surface area contributed by atoms with Crippen molar-refractivity contribution in [2.24, 2.45) is 0 Å². The van der Waals surface area contributed by atoms with Gasteiger partial charge in [0, 0.05) is 51.9 Å². The monoisotopic (exact) mass is 442 g/mol. The van der Waals surface area contributed by atoms with Gasteiger partial charge in [-0.1, -0.05) is 12.1 Å². The zero-order valence-electron chi connectivity index (χ0n) is 17.8. The van der Waals surface area contributed by atoms with Gasteiger partial charge in [-0.15, -0.1) is 0 Å². The minimum absolute atomic E-state index is 0.100. The lowest BCUT2D eigenvalue weighted by molar-refractivity contribution is -0.147. The fraction of sp³-hybridized carbons (Fsp3) is 0.500. The van der Waals surface area contributed by atoms with E-state index in [9.17, 15) is 24.0 Å². The molecule has 3 heterocycles. The fourth-order valence-electron chi connectivity index (χ4n) is 4.18. The molecule has 32 heavy (non-hydrogen) atoms. The second-order valence-corrected chi connectivity index (χ2v) is 8.00. The van der Waals surface area contributed by atoms with E-state index < -0.39 is 0 Å². The van der Waals surface area contributed by atoms with E-state index in [0.717, 1.165) is 10.6 Å². The van der Waals surface area contributed by atoms with Gasteiger partial charge in [-0.25, -0.2) is 0 Å². The van der Waals surface area contributed by atoms with Crippen LogP contribution in [0.4, 0.5) is 5.69 Å². The number of hydrogen-bond donors (Lipinski definition) is 0. The number of ether oxygens (including phenoxy) is 1. The summed E-state index contributed by atoms with van der Waals surface area (Å²) in [5.41, 5.74) is 0.721. The molecular formula is C22H26N4O6. The number of likely N-dealkylation sites (tertiary alicyclic amines) is 1. The van der Waals surface area contributed by atoms with Crippen LogP contribution in [0.2, 0.25) is 0 Å². The fourth-order valence-corrected chi connectivity index (χ4v) is 4.18. The Balaban J connectivity index is 1.23. The van der Waals surface area contributed by atoms with Gasteiger partial charge in [0.05, 0.1) is 12.2 Å². The summed E-state index contributed by atoms with van der Waals surface area (Å²) in [5, 5.41) is 0. The van der Waals surface area contributed by atoms with E-state index in [1.54, 1.807) is 14.7 Å². The number of rotatable bonds is 5. The van der Waals surface area contributed by atoms with Gasteiger partial charge in [-0.05, 0) is 12.1 Å². The van der Waals surface area contributed by atoms with Crippen LogP contribution in [0.15, 0.2) is 24.3 Å². The maximum Gasteiger partial charge on any atom is 0.242 e. The third-order valence-electron chi connectivity index (χ3n) is 6.02. The molecule has 0 bridgehead atoms. The highest BCUT2D eigenvalue weighted by atomic mass is 16.5. The summed E-state index contributed by atoms with van der Waals surface area (Å²) in [6.07, 6.45) is 0.515. The van der Waals surface area contributed by atoms with Gasteiger partial charge in [0.25, 0.3) is 0 Å². The molecule has 5 amide bonds. The van der Waals surface area contributed by atoms with Crippen LogP contribution in [-0.4, -0.2) is 90.1 Å². The molecule has 2 fully saturated rings. The molecular weight excluding hydrogens is 416 g/mol. The minimum Gasteiger partial charge on any atom is -0.490 e. The molecule has 0 atom stereocenters. The smallest absolute Gasteiger partial charge is 0.242 e. The van der Waals surface area contributed by atoms with E-state index in [-0.39, 0.29) is 61.8 Å². The van der Waals surface area contributed by atoms with E-state index in [2.05, 4.69) is 0 Å². The first kappa shape index (κ1) is 21.8. The number of anilines is 1. The molecule has 3 aliphatic rings. The van der Waals surface area contributed by atoms with E-state index in [0.29, 0.717) is 45.1 Å². The Hall–Kier alpha value is -3.43. The van der Waals surface area contributed by atoms with Crippen molar-refractivity contribution in [2.45, 2.75) is 25.7 Å². The van der Waals surface area contributed by atoms with Gasteiger partial charge in [-0.2, -0.15) is 0 Å². The number of carbonyl (C=O) groups excluding carboxylic acids is 5. The predicted molar refractivity (Wildman–Crippen MR) is 113 cm³/mol. The molecule has 0 spiro atoms. The summed E-state index contributed by atoms with van der Waals surface area (Å²) in [4.78, 5) is 67.0. The highest BCUT2D eigenvalue weighted by Crippen LogP contribution is 2.31. The van der Waals surface area contributed by atoms with E-state index in [1.807, 2.05) is 24.3 Å². The minimum atomic E-state index is -0.315. The summed E-state index contributed by atoms with van der Waals surface area (Å²) in [6, 6.07) is 7.33. The van der Waals surface area contributed by atoms with Crippen molar-refractivity contribution in [2.75, 3.05) is 50.8 Å². The second kappa shape index (κ2) is 9.37. The summed E-state index contributed by atoms with van der Waals surface area (Å²) in [5.74, 6) is -0.507. The lowest BCUT2D eigenvalue weighted by atomic mass is 10.2. The third-order valence-corrected chi connectivity index (χ3v) is 6.02. The van der Waals surface area contributed by atoms with Gasteiger partial charge < -0.3 is 19.4 Å². The van der Waals surface area contributed by atoms with E-state index >= 15 is 0 Å². The lowest BCUT2D eigenvalue weighted by Gasteiger charge is -2.35. The van der Waals surface area contributed by atoms with Crippen LogP contribution in [0.25, 0.3) is 0 Å². The Morgan fingerprint density at radius 3 is 2.06 bits per heavy atom. The van der Waals surface area contributed by atoms with Crippen molar-refractivity contribution >= 4 is 35.2 Å². The van der Waals surface area contributed by atoms with Gasteiger partial charge in [0.15, 0.2) is 0 Å². The molecule has 4 rings (SSSR count). The molecule has 0 radical (unpaired) electrons. The molecule has 0 aliphatic carbocycles. The highest BCUT2D eigenvalue weighted by Gasteiger charge is 2.33. The summed E-state index contributed by atoms with van der Waals surface area (Å²) in [6.45, 7) is 2.04. The quantitative estimate of drug-likeness (QED) is 0.595. The summed E-state index contributed by atoms with van der Waals surface area (Å²) in [7, 11) is 0.